The predicted molar refractivity (Wildman–Crippen MR) is 30.9 cm³/mol. The Morgan fingerprint density at radius 3 is 2.11 bits per heavy atom. The van der Waals surface area contributed by atoms with Gasteiger partial charge in [0.1, 0.15) is 0 Å². The van der Waals surface area contributed by atoms with E-state index in [1.807, 2.05) is 0 Å². The van der Waals surface area contributed by atoms with Gasteiger partial charge in [0.05, 0.1) is 0 Å². The van der Waals surface area contributed by atoms with Gasteiger partial charge in [0, 0.05) is 13.6 Å². The number of carbonyl (C=O) groups excluding carboxylic acids is 1. The lowest BCUT2D eigenvalue weighted by Crippen LogP contribution is -2.32. The van der Waals surface area contributed by atoms with Crippen molar-refractivity contribution in [3.63, 3.8) is 0 Å². The van der Waals surface area contributed by atoms with Gasteiger partial charge in [0.25, 0.3) is 0 Å². The Balaban J connectivity index is 3.88. The van der Waals surface area contributed by atoms with Gasteiger partial charge in [-0.05, 0) is 6.92 Å². The molecule has 0 aromatic carbocycles. The number of rotatable bonds is 1. The molecular weight excluding hydrogens is 122 g/mol. The van der Waals surface area contributed by atoms with Gasteiger partial charge in [-0.2, -0.15) is 0 Å². The maximum Gasteiger partial charge on any atom is 0.394 e. The Bertz CT molecular complexity index is 132. The highest BCUT2D eigenvalue weighted by molar-refractivity contribution is 6.31. The Morgan fingerprint density at radius 2 is 2.00 bits per heavy atom. The van der Waals surface area contributed by atoms with E-state index >= 15 is 0 Å². The van der Waals surface area contributed by atoms with Crippen LogP contribution in [0, 0.1) is 0 Å². The van der Waals surface area contributed by atoms with Crippen molar-refractivity contribution >= 4 is 11.9 Å². The average Bonchev–Trinajstić information content (AvgIpc) is 1.84. The molecule has 0 aliphatic carbocycles. The molecule has 0 atom stereocenters. The molecule has 1 N–H and O–H groups in total. The highest BCUT2D eigenvalue weighted by Crippen LogP contribution is 1.81. The lowest BCUT2D eigenvalue weighted by atomic mass is 10.5. The minimum atomic E-state index is -1.40. The molecule has 0 aromatic heterocycles. The standard InChI is InChI=1S/C5H9NO3/c1-3-6(2)4(7)5(8)9/h3H2,1-2H3,(H,8,9). The van der Waals surface area contributed by atoms with Crippen molar-refractivity contribution in [3.05, 3.63) is 0 Å². The fraction of sp³-hybridized carbons (Fsp3) is 0.600. The van der Waals surface area contributed by atoms with Crippen molar-refractivity contribution in [3.8, 4) is 0 Å². The fourth-order valence-electron chi connectivity index (χ4n) is 0.307. The molecule has 0 radical (unpaired) electrons. The van der Waals surface area contributed by atoms with Gasteiger partial charge in [0.15, 0.2) is 0 Å². The average molecular weight is 131 g/mol. The predicted octanol–water partition coefficient (Wildman–Crippen LogP) is -0.451. The van der Waals surface area contributed by atoms with Crippen LogP contribution in [0.25, 0.3) is 0 Å². The summed E-state index contributed by atoms with van der Waals surface area (Å²) in [6, 6.07) is 0. The smallest absolute Gasteiger partial charge is 0.394 e. The van der Waals surface area contributed by atoms with Crippen LogP contribution in [0.5, 0.6) is 0 Å². The fourth-order valence-corrected chi connectivity index (χ4v) is 0.307. The van der Waals surface area contributed by atoms with Crippen LogP contribution in [0.1, 0.15) is 6.92 Å². The number of hydrogen-bond acceptors (Lipinski definition) is 2. The Hall–Kier alpha value is -1.06. The second-order valence-corrected chi connectivity index (χ2v) is 1.62. The molecule has 9 heavy (non-hydrogen) atoms. The summed E-state index contributed by atoms with van der Waals surface area (Å²) in [7, 11) is 1.44. The van der Waals surface area contributed by atoms with Gasteiger partial charge in [-0.15, -0.1) is 0 Å². The molecule has 4 heteroatoms. The molecule has 0 aliphatic rings. The first-order valence-electron chi connectivity index (χ1n) is 2.58. The van der Waals surface area contributed by atoms with E-state index in [9.17, 15) is 9.59 Å². The number of carboxylic acid groups (broad SMARTS) is 1. The molecule has 1 amide bonds. The van der Waals surface area contributed by atoms with Crippen LogP contribution in [-0.2, 0) is 9.59 Å². The van der Waals surface area contributed by atoms with E-state index in [2.05, 4.69) is 0 Å². The molecule has 0 rings (SSSR count). The molecule has 0 aliphatic heterocycles. The van der Waals surface area contributed by atoms with Crippen molar-refractivity contribution in [2.24, 2.45) is 0 Å². The van der Waals surface area contributed by atoms with E-state index < -0.39 is 11.9 Å². The third-order valence-electron chi connectivity index (χ3n) is 1.00. The van der Waals surface area contributed by atoms with Crippen molar-refractivity contribution in [2.45, 2.75) is 6.92 Å². The van der Waals surface area contributed by atoms with Crippen LogP contribution in [0.4, 0.5) is 0 Å². The van der Waals surface area contributed by atoms with Gasteiger partial charge in [-0.25, -0.2) is 4.79 Å². The number of likely N-dealkylation sites (N-methyl/N-ethyl adjacent to an activating group) is 1. The normalized spacial score (nSPS) is 8.67. The van der Waals surface area contributed by atoms with Crippen LogP contribution in [0.15, 0.2) is 0 Å². The second-order valence-electron chi connectivity index (χ2n) is 1.62. The summed E-state index contributed by atoms with van der Waals surface area (Å²) in [6.45, 7) is 2.13. The Morgan fingerprint density at radius 1 is 1.56 bits per heavy atom. The summed E-state index contributed by atoms with van der Waals surface area (Å²) >= 11 is 0. The summed E-state index contributed by atoms with van der Waals surface area (Å²) < 4.78 is 0. The van der Waals surface area contributed by atoms with Crippen molar-refractivity contribution < 1.29 is 14.7 Å². The number of carbonyl (C=O) groups is 2. The maximum absolute atomic E-state index is 10.4. The number of hydrogen-bond donors (Lipinski definition) is 1. The summed E-state index contributed by atoms with van der Waals surface area (Å²) in [5.41, 5.74) is 0. The van der Waals surface area contributed by atoms with Crippen molar-refractivity contribution in [2.75, 3.05) is 13.6 Å². The summed E-state index contributed by atoms with van der Waals surface area (Å²) in [5, 5.41) is 8.09. The minimum Gasteiger partial charge on any atom is -0.474 e. The molecular formula is C5H9NO3. The minimum absolute atomic E-state index is 0.422. The molecule has 0 aromatic rings. The largest absolute Gasteiger partial charge is 0.474 e. The highest BCUT2D eigenvalue weighted by Gasteiger charge is 2.14. The molecule has 52 valence electrons. The lowest BCUT2D eigenvalue weighted by Gasteiger charge is -2.09. The third kappa shape index (κ3) is 2.12. The van der Waals surface area contributed by atoms with E-state index in [1.54, 1.807) is 6.92 Å². The lowest BCUT2D eigenvalue weighted by molar-refractivity contribution is -0.155. The molecule has 4 nitrogen and oxygen atoms in total. The zero-order chi connectivity index (χ0) is 7.44. The summed E-state index contributed by atoms with van der Waals surface area (Å²) in [4.78, 5) is 21.4. The molecule has 0 heterocycles. The highest BCUT2D eigenvalue weighted by atomic mass is 16.4. The van der Waals surface area contributed by atoms with E-state index in [4.69, 9.17) is 5.11 Å². The van der Waals surface area contributed by atoms with Crippen LogP contribution in [0.2, 0.25) is 0 Å². The number of carboxylic acids is 1. The van der Waals surface area contributed by atoms with Gasteiger partial charge >= 0.3 is 11.9 Å². The van der Waals surface area contributed by atoms with Crippen LogP contribution in [0.3, 0.4) is 0 Å². The molecule has 0 saturated heterocycles. The van der Waals surface area contributed by atoms with E-state index in [0.717, 1.165) is 4.90 Å². The quantitative estimate of drug-likeness (QED) is 0.490. The summed E-state index contributed by atoms with van der Waals surface area (Å²) in [5.74, 6) is -2.27. The first kappa shape index (κ1) is 7.94. The SMILES string of the molecule is CCN(C)C(=O)C(=O)O. The van der Waals surface area contributed by atoms with Crippen LogP contribution >= 0.6 is 0 Å². The first-order chi connectivity index (χ1) is 4.09. The Labute approximate surface area is 53.1 Å². The topological polar surface area (TPSA) is 57.6 Å². The van der Waals surface area contributed by atoms with Gasteiger partial charge in [0.2, 0.25) is 0 Å². The monoisotopic (exact) mass is 131 g/mol. The number of amides is 1. The number of nitrogens with zero attached hydrogens (tertiary/aromatic N) is 1. The number of aliphatic carboxylic acids is 1. The van der Waals surface area contributed by atoms with Gasteiger partial charge in [-0.3, -0.25) is 4.79 Å². The first-order valence-corrected chi connectivity index (χ1v) is 2.58. The molecule has 0 saturated carbocycles. The molecule has 0 fully saturated rings. The molecule has 0 unspecified atom stereocenters. The van der Waals surface area contributed by atoms with Crippen molar-refractivity contribution in [1.29, 1.82) is 0 Å². The van der Waals surface area contributed by atoms with Crippen LogP contribution in [-0.4, -0.2) is 35.5 Å². The van der Waals surface area contributed by atoms with E-state index in [0.29, 0.717) is 6.54 Å². The summed E-state index contributed by atoms with van der Waals surface area (Å²) in [6.07, 6.45) is 0. The molecule has 0 spiro atoms. The zero-order valence-corrected chi connectivity index (χ0v) is 5.42. The van der Waals surface area contributed by atoms with E-state index in [1.165, 1.54) is 7.05 Å². The zero-order valence-electron chi connectivity index (χ0n) is 5.42. The van der Waals surface area contributed by atoms with Crippen LogP contribution < -0.4 is 0 Å². The second kappa shape index (κ2) is 3.06. The molecule has 0 bridgehead atoms. The van der Waals surface area contributed by atoms with Crippen molar-refractivity contribution in [1.82, 2.24) is 4.90 Å². The third-order valence-corrected chi connectivity index (χ3v) is 1.00. The van der Waals surface area contributed by atoms with Gasteiger partial charge < -0.3 is 10.0 Å². The maximum atomic E-state index is 10.4. The van der Waals surface area contributed by atoms with Gasteiger partial charge in [-0.1, -0.05) is 0 Å². The Kier molecular flexibility index (Phi) is 2.70. The van der Waals surface area contributed by atoms with E-state index in [-0.39, 0.29) is 0 Å².